The highest BCUT2D eigenvalue weighted by atomic mass is 19.2. The number of benzene rings is 1. The van der Waals surface area contributed by atoms with E-state index in [2.05, 4.69) is 19.2 Å². The third-order valence-electron chi connectivity index (χ3n) is 3.54. The van der Waals surface area contributed by atoms with Crippen molar-refractivity contribution in [1.29, 1.82) is 0 Å². The fourth-order valence-corrected chi connectivity index (χ4v) is 2.53. The third kappa shape index (κ3) is 3.66. The normalized spacial score (nSPS) is 19.4. The SMILES string of the molecule is CC(C)CNCC1CCN(c2cccc(F)c2F)C1. The first-order valence-corrected chi connectivity index (χ1v) is 6.97. The molecule has 0 aromatic heterocycles. The van der Waals surface area contributed by atoms with Crippen molar-refractivity contribution in [3.8, 4) is 0 Å². The molecular weight excluding hydrogens is 246 g/mol. The van der Waals surface area contributed by atoms with Crippen LogP contribution in [-0.4, -0.2) is 26.2 Å². The zero-order chi connectivity index (χ0) is 13.8. The van der Waals surface area contributed by atoms with Crippen molar-refractivity contribution in [2.75, 3.05) is 31.1 Å². The molecular formula is C15H22F2N2. The first kappa shape index (κ1) is 14.3. The van der Waals surface area contributed by atoms with E-state index < -0.39 is 11.6 Å². The van der Waals surface area contributed by atoms with Gasteiger partial charge in [0.05, 0.1) is 5.69 Å². The second kappa shape index (κ2) is 6.33. The Bertz CT molecular complexity index is 421. The van der Waals surface area contributed by atoms with Gasteiger partial charge >= 0.3 is 0 Å². The Balaban J connectivity index is 1.89. The van der Waals surface area contributed by atoms with Gasteiger partial charge in [0.2, 0.25) is 0 Å². The predicted molar refractivity (Wildman–Crippen MR) is 74.4 cm³/mol. The van der Waals surface area contributed by atoms with Gasteiger partial charge in [-0.3, -0.25) is 0 Å². The monoisotopic (exact) mass is 268 g/mol. The lowest BCUT2D eigenvalue weighted by Crippen LogP contribution is -2.29. The van der Waals surface area contributed by atoms with Crippen LogP contribution >= 0.6 is 0 Å². The van der Waals surface area contributed by atoms with Crippen molar-refractivity contribution < 1.29 is 8.78 Å². The molecule has 106 valence electrons. The van der Waals surface area contributed by atoms with E-state index in [4.69, 9.17) is 0 Å². The molecule has 1 N–H and O–H groups in total. The van der Waals surface area contributed by atoms with Crippen molar-refractivity contribution in [3.05, 3.63) is 29.8 Å². The molecule has 1 unspecified atom stereocenters. The van der Waals surface area contributed by atoms with Crippen LogP contribution in [-0.2, 0) is 0 Å². The van der Waals surface area contributed by atoms with Crippen molar-refractivity contribution >= 4 is 5.69 Å². The Morgan fingerprint density at radius 1 is 1.37 bits per heavy atom. The Labute approximate surface area is 113 Å². The molecule has 0 amide bonds. The average Bonchev–Trinajstić information content (AvgIpc) is 2.81. The molecule has 1 fully saturated rings. The molecule has 4 heteroatoms. The molecule has 1 saturated heterocycles. The Kier molecular flexibility index (Phi) is 4.75. The van der Waals surface area contributed by atoms with Gasteiger partial charge in [0.25, 0.3) is 0 Å². The molecule has 0 aliphatic carbocycles. The second-order valence-corrected chi connectivity index (χ2v) is 5.73. The quantitative estimate of drug-likeness (QED) is 0.883. The Hall–Kier alpha value is -1.16. The van der Waals surface area contributed by atoms with Crippen LogP contribution in [0, 0.1) is 23.5 Å². The van der Waals surface area contributed by atoms with E-state index in [-0.39, 0.29) is 0 Å². The van der Waals surface area contributed by atoms with E-state index >= 15 is 0 Å². The standard InChI is InChI=1S/C15H22F2N2/c1-11(2)8-18-9-12-6-7-19(10-12)14-5-3-4-13(16)15(14)17/h3-5,11-12,18H,6-10H2,1-2H3. The fourth-order valence-electron chi connectivity index (χ4n) is 2.53. The molecule has 1 aromatic carbocycles. The lowest BCUT2D eigenvalue weighted by atomic mass is 10.1. The topological polar surface area (TPSA) is 15.3 Å². The summed E-state index contributed by atoms with van der Waals surface area (Å²) in [6, 6.07) is 4.39. The van der Waals surface area contributed by atoms with Gasteiger partial charge in [-0.25, -0.2) is 8.78 Å². The van der Waals surface area contributed by atoms with E-state index in [1.807, 2.05) is 4.90 Å². The summed E-state index contributed by atoms with van der Waals surface area (Å²) in [7, 11) is 0. The first-order chi connectivity index (χ1) is 9.08. The minimum absolute atomic E-state index is 0.395. The fraction of sp³-hybridized carbons (Fsp3) is 0.600. The van der Waals surface area contributed by atoms with E-state index in [0.717, 1.165) is 38.7 Å². The molecule has 1 aromatic rings. The van der Waals surface area contributed by atoms with Crippen LogP contribution < -0.4 is 10.2 Å². The van der Waals surface area contributed by atoms with Gasteiger partial charge in [0.1, 0.15) is 0 Å². The molecule has 0 spiro atoms. The van der Waals surface area contributed by atoms with Crippen LogP contribution in [0.4, 0.5) is 14.5 Å². The van der Waals surface area contributed by atoms with Crippen LogP contribution in [0.1, 0.15) is 20.3 Å². The second-order valence-electron chi connectivity index (χ2n) is 5.73. The number of nitrogens with zero attached hydrogens (tertiary/aromatic N) is 1. The van der Waals surface area contributed by atoms with Gasteiger partial charge < -0.3 is 10.2 Å². The third-order valence-corrected chi connectivity index (χ3v) is 3.54. The maximum absolute atomic E-state index is 13.7. The molecule has 0 bridgehead atoms. The van der Waals surface area contributed by atoms with Crippen molar-refractivity contribution in [2.45, 2.75) is 20.3 Å². The molecule has 1 aliphatic rings. The van der Waals surface area contributed by atoms with Crippen LogP contribution in [0.3, 0.4) is 0 Å². The number of nitrogens with one attached hydrogen (secondary N) is 1. The molecule has 19 heavy (non-hydrogen) atoms. The zero-order valence-corrected chi connectivity index (χ0v) is 11.6. The van der Waals surface area contributed by atoms with Gasteiger partial charge in [-0.05, 0) is 43.5 Å². The van der Waals surface area contributed by atoms with E-state index in [9.17, 15) is 8.78 Å². The summed E-state index contributed by atoms with van der Waals surface area (Å²) >= 11 is 0. The van der Waals surface area contributed by atoms with Crippen molar-refractivity contribution in [1.82, 2.24) is 5.32 Å². The van der Waals surface area contributed by atoms with Gasteiger partial charge in [-0.15, -0.1) is 0 Å². The summed E-state index contributed by atoms with van der Waals surface area (Å²) in [6.07, 6.45) is 1.03. The highest BCUT2D eigenvalue weighted by molar-refractivity contribution is 5.49. The maximum Gasteiger partial charge on any atom is 0.182 e. The lowest BCUT2D eigenvalue weighted by molar-refractivity contribution is 0.476. The zero-order valence-electron chi connectivity index (χ0n) is 11.6. The molecule has 1 aliphatic heterocycles. The van der Waals surface area contributed by atoms with Crippen molar-refractivity contribution in [2.24, 2.45) is 11.8 Å². The summed E-state index contributed by atoms with van der Waals surface area (Å²) in [5.74, 6) is -0.336. The van der Waals surface area contributed by atoms with Crippen LogP contribution in [0.5, 0.6) is 0 Å². The molecule has 2 nitrogen and oxygen atoms in total. The van der Waals surface area contributed by atoms with Crippen molar-refractivity contribution in [3.63, 3.8) is 0 Å². The molecule has 1 atom stereocenters. The number of anilines is 1. The predicted octanol–water partition coefficient (Wildman–Crippen LogP) is 3.04. The van der Waals surface area contributed by atoms with Gasteiger partial charge in [0, 0.05) is 13.1 Å². The molecule has 0 radical (unpaired) electrons. The Morgan fingerprint density at radius 2 is 2.16 bits per heavy atom. The largest absolute Gasteiger partial charge is 0.369 e. The minimum Gasteiger partial charge on any atom is -0.369 e. The minimum atomic E-state index is -0.765. The number of hydrogen-bond donors (Lipinski definition) is 1. The highest BCUT2D eigenvalue weighted by Crippen LogP contribution is 2.27. The van der Waals surface area contributed by atoms with Gasteiger partial charge in [-0.1, -0.05) is 19.9 Å². The summed E-state index contributed by atoms with van der Waals surface area (Å²) in [5, 5.41) is 3.43. The van der Waals surface area contributed by atoms with E-state index in [0.29, 0.717) is 17.5 Å². The smallest absolute Gasteiger partial charge is 0.182 e. The van der Waals surface area contributed by atoms with E-state index in [1.165, 1.54) is 0 Å². The molecule has 2 rings (SSSR count). The summed E-state index contributed by atoms with van der Waals surface area (Å²) in [6.45, 7) is 7.91. The molecule has 0 saturated carbocycles. The summed E-state index contributed by atoms with van der Waals surface area (Å²) in [4.78, 5) is 1.94. The van der Waals surface area contributed by atoms with Crippen LogP contribution in [0.25, 0.3) is 0 Å². The van der Waals surface area contributed by atoms with Crippen LogP contribution in [0.15, 0.2) is 18.2 Å². The van der Waals surface area contributed by atoms with Gasteiger partial charge in [-0.2, -0.15) is 0 Å². The first-order valence-electron chi connectivity index (χ1n) is 6.97. The Morgan fingerprint density at radius 3 is 2.89 bits per heavy atom. The highest BCUT2D eigenvalue weighted by Gasteiger charge is 2.25. The summed E-state index contributed by atoms with van der Waals surface area (Å²) < 4.78 is 26.9. The summed E-state index contributed by atoms with van der Waals surface area (Å²) in [5.41, 5.74) is 0.395. The number of halogens is 2. The number of hydrogen-bond acceptors (Lipinski definition) is 2. The number of rotatable bonds is 5. The van der Waals surface area contributed by atoms with Crippen LogP contribution in [0.2, 0.25) is 0 Å². The van der Waals surface area contributed by atoms with Gasteiger partial charge in [0.15, 0.2) is 11.6 Å². The maximum atomic E-state index is 13.7. The molecule has 1 heterocycles. The average molecular weight is 268 g/mol. The lowest BCUT2D eigenvalue weighted by Gasteiger charge is -2.20. The van der Waals surface area contributed by atoms with E-state index in [1.54, 1.807) is 12.1 Å².